The molecule has 1 aromatic carbocycles. The van der Waals surface area contributed by atoms with Gasteiger partial charge in [-0.05, 0) is 55.4 Å². The quantitative estimate of drug-likeness (QED) is 0.852. The maximum Gasteiger partial charge on any atom is 0.251 e. The fourth-order valence-electron chi connectivity index (χ4n) is 2.77. The third-order valence-electron chi connectivity index (χ3n) is 4.55. The maximum atomic E-state index is 12.2. The van der Waals surface area contributed by atoms with Gasteiger partial charge < -0.3 is 10.6 Å². The second-order valence-corrected chi connectivity index (χ2v) is 5.67. The molecule has 3 heteroatoms. The van der Waals surface area contributed by atoms with Crippen LogP contribution in [-0.2, 0) is 0 Å². The molecule has 1 saturated carbocycles. The first-order valence-electron chi connectivity index (χ1n) is 7.17. The summed E-state index contributed by atoms with van der Waals surface area (Å²) in [5.74, 6) is 0.0554. The molecule has 0 aliphatic heterocycles. The van der Waals surface area contributed by atoms with E-state index < -0.39 is 0 Å². The lowest BCUT2D eigenvalue weighted by molar-refractivity contribution is 0.0849. The Morgan fingerprint density at radius 3 is 2.58 bits per heavy atom. The lowest BCUT2D eigenvalue weighted by Crippen LogP contribution is -2.41. The first kappa shape index (κ1) is 13.9. The minimum absolute atomic E-state index is 0.0554. The third kappa shape index (κ3) is 2.91. The number of benzene rings is 1. The van der Waals surface area contributed by atoms with Crippen LogP contribution in [0, 0.1) is 12.3 Å². The van der Waals surface area contributed by atoms with Gasteiger partial charge in [0, 0.05) is 24.8 Å². The summed E-state index contributed by atoms with van der Waals surface area (Å²) in [5.41, 5.74) is 3.21. The van der Waals surface area contributed by atoms with Crippen molar-refractivity contribution in [3.05, 3.63) is 29.3 Å². The molecule has 0 atom stereocenters. The van der Waals surface area contributed by atoms with Gasteiger partial charge in [-0.25, -0.2) is 0 Å². The Balaban J connectivity index is 2.00. The average molecular weight is 260 g/mol. The number of hydrogen-bond acceptors (Lipinski definition) is 2. The monoisotopic (exact) mass is 260 g/mol. The zero-order valence-electron chi connectivity index (χ0n) is 12.2. The van der Waals surface area contributed by atoms with Crippen molar-refractivity contribution in [2.24, 2.45) is 5.41 Å². The molecule has 0 saturated heterocycles. The number of rotatable bonds is 5. The molecule has 0 aromatic heterocycles. The van der Waals surface area contributed by atoms with E-state index in [9.17, 15) is 4.79 Å². The standard InChI is InChI=1S/C16H24N2O/c1-4-16(8-5-9-16)11-18-15(19)14-7-6-13(17-3)10-12(14)2/h6-7,10,17H,4-5,8-9,11H2,1-3H3,(H,18,19). The van der Waals surface area contributed by atoms with Gasteiger partial charge in [0.1, 0.15) is 0 Å². The van der Waals surface area contributed by atoms with Gasteiger partial charge in [0.15, 0.2) is 0 Å². The molecular weight excluding hydrogens is 236 g/mol. The average Bonchev–Trinajstić information content (AvgIpc) is 2.37. The van der Waals surface area contributed by atoms with E-state index in [0.29, 0.717) is 5.41 Å². The molecule has 0 radical (unpaired) electrons. The van der Waals surface area contributed by atoms with Crippen LogP contribution in [0.25, 0.3) is 0 Å². The highest BCUT2D eigenvalue weighted by molar-refractivity contribution is 5.96. The molecular formula is C16H24N2O. The van der Waals surface area contributed by atoms with Crippen molar-refractivity contribution in [1.29, 1.82) is 0 Å². The molecule has 19 heavy (non-hydrogen) atoms. The van der Waals surface area contributed by atoms with E-state index in [1.165, 1.54) is 19.3 Å². The number of carbonyl (C=O) groups is 1. The topological polar surface area (TPSA) is 41.1 Å². The van der Waals surface area contributed by atoms with E-state index in [0.717, 1.165) is 29.8 Å². The molecule has 3 nitrogen and oxygen atoms in total. The normalized spacial score (nSPS) is 16.6. The summed E-state index contributed by atoms with van der Waals surface area (Å²) >= 11 is 0. The summed E-state index contributed by atoms with van der Waals surface area (Å²) in [6.45, 7) is 5.02. The van der Waals surface area contributed by atoms with Crippen molar-refractivity contribution in [2.45, 2.75) is 39.5 Å². The van der Waals surface area contributed by atoms with Crippen LogP contribution >= 0.6 is 0 Å². The van der Waals surface area contributed by atoms with Gasteiger partial charge in [0.25, 0.3) is 5.91 Å². The predicted octanol–water partition coefficient (Wildman–Crippen LogP) is 3.35. The van der Waals surface area contributed by atoms with Crippen LogP contribution in [0.2, 0.25) is 0 Å². The largest absolute Gasteiger partial charge is 0.388 e. The molecule has 0 spiro atoms. The molecule has 1 fully saturated rings. The number of amides is 1. The van der Waals surface area contributed by atoms with Crippen molar-refractivity contribution in [3.63, 3.8) is 0 Å². The fourth-order valence-corrected chi connectivity index (χ4v) is 2.77. The highest BCUT2D eigenvalue weighted by Crippen LogP contribution is 2.43. The summed E-state index contributed by atoms with van der Waals surface area (Å²) in [5, 5.41) is 6.20. The Morgan fingerprint density at radius 1 is 1.37 bits per heavy atom. The summed E-state index contributed by atoms with van der Waals surface area (Å²) < 4.78 is 0. The SMILES string of the molecule is CCC1(CNC(=O)c2ccc(NC)cc2C)CCC1. The number of carbonyl (C=O) groups excluding carboxylic acids is 1. The van der Waals surface area contributed by atoms with E-state index in [4.69, 9.17) is 0 Å². The first-order chi connectivity index (χ1) is 9.10. The van der Waals surface area contributed by atoms with Gasteiger partial charge in [0.2, 0.25) is 0 Å². The Bertz CT molecular complexity index is 458. The van der Waals surface area contributed by atoms with Crippen LogP contribution in [0.5, 0.6) is 0 Å². The van der Waals surface area contributed by atoms with E-state index in [1.54, 1.807) is 0 Å². The molecule has 2 rings (SSSR count). The first-order valence-corrected chi connectivity index (χ1v) is 7.17. The Morgan fingerprint density at radius 2 is 2.11 bits per heavy atom. The summed E-state index contributed by atoms with van der Waals surface area (Å²) in [6, 6.07) is 5.85. The van der Waals surface area contributed by atoms with Crippen molar-refractivity contribution < 1.29 is 4.79 Å². The molecule has 2 N–H and O–H groups in total. The van der Waals surface area contributed by atoms with Crippen molar-refractivity contribution >= 4 is 11.6 Å². The molecule has 0 unspecified atom stereocenters. The predicted molar refractivity (Wildman–Crippen MR) is 79.6 cm³/mol. The lowest BCUT2D eigenvalue weighted by Gasteiger charge is -2.41. The van der Waals surface area contributed by atoms with Crippen LogP contribution in [-0.4, -0.2) is 19.5 Å². The van der Waals surface area contributed by atoms with E-state index in [-0.39, 0.29) is 5.91 Å². The summed E-state index contributed by atoms with van der Waals surface area (Å²) in [6.07, 6.45) is 4.97. The second kappa shape index (κ2) is 5.64. The van der Waals surface area contributed by atoms with Gasteiger partial charge in [-0.1, -0.05) is 13.3 Å². The Hall–Kier alpha value is -1.51. The molecule has 0 bridgehead atoms. The second-order valence-electron chi connectivity index (χ2n) is 5.67. The van der Waals surface area contributed by atoms with E-state index >= 15 is 0 Å². The van der Waals surface area contributed by atoms with Gasteiger partial charge in [0.05, 0.1) is 0 Å². The van der Waals surface area contributed by atoms with Crippen LogP contribution in [0.15, 0.2) is 18.2 Å². The van der Waals surface area contributed by atoms with Gasteiger partial charge in [-0.2, -0.15) is 0 Å². The number of anilines is 1. The Labute approximate surface area is 115 Å². The number of nitrogens with one attached hydrogen (secondary N) is 2. The van der Waals surface area contributed by atoms with Gasteiger partial charge >= 0.3 is 0 Å². The van der Waals surface area contributed by atoms with Gasteiger partial charge in [-0.3, -0.25) is 4.79 Å². The highest BCUT2D eigenvalue weighted by Gasteiger charge is 2.35. The maximum absolute atomic E-state index is 12.2. The zero-order valence-corrected chi connectivity index (χ0v) is 12.2. The highest BCUT2D eigenvalue weighted by atomic mass is 16.1. The molecule has 1 aromatic rings. The van der Waals surface area contributed by atoms with Crippen LogP contribution < -0.4 is 10.6 Å². The zero-order chi connectivity index (χ0) is 13.9. The molecule has 1 aliphatic rings. The van der Waals surface area contributed by atoms with E-state index in [2.05, 4.69) is 17.6 Å². The Kier molecular flexibility index (Phi) is 4.13. The van der Waals surface area contributed by atoms with Gasteiger partial charge in [-0.15, -0.1) is 0 Å². The number of aryl methyl sites for hydroxylation is 1. The molecule has 1 amide bonds. The summed E-state index contributed by atoms with van der Waals surface area (Å²) in [4.78, 5) is 12.2. The van der Waals surface area contributed by atoms with Crippen molar-refractivity contribution in [2.75, 3.05) is 18.9 Å². The van der Waals surface area contributed by atoms with E-state index in [1.807, 2.05) is 32.2 Å². The fraction of sp³-hybridized carbons (Fsp3) is 0.562. The van der Waals surface area contributed by atoms with Crippen molar-refractivity contribution in [3.8, 4) is 0 Å². The lowest BCUT2D eigenvalue weighted by atomic mass is 9.67. The molecule has 104 valence electrons. The summed E-state index contributed by atoms with van der Waals surface area (Å²) in [7, 11) is 1.89. The molecule has 1 aliphatic carbocycles. The third-order valence-corrected chi connectivity index (χ3v) is 4.55. The smallest absolute Gasteiger partial charge is 0.251 e. The van der Waals surface area contributed by atoms with Crippen LogP contribution in [0.4, 0.5) is 5.69 Å². The molecule has 0 heterocycles. The van der Waals surface area contributed by atoms with Crippen LogP contribution in [0.3, 0.4) is 0 Å². The van der Waals surface area contributed by atoms with Crippen molar-refractivity contribution in [1.82, 2.24) is 5.32 Å². The minimum Gasteiger partial charge on any atom is -0.388 e. The van der Waals surface area contributed by atoms with Crippen LogP contribution in [0.1, 0.15) is 48.5 Å². The minimum atomic E-state index is 0.0554. The number of hydrogen-bond donors (Lipinski definition) is 2.